The van der Waals surface area contributed by atoms with Gasteiger partial charge in [-0.05, 0) is 6.92 Å². The minimum Gasteiger partial charge on any atom is -0.281 e. The van der Waals surface area contributed by atoms with E-state index in [1.165, 1.54) is 11.3 Å². The molecule has 0 aliphatic heterocycles. The molecule has 0 aromatic carbocycles. The predicted molar refractivity (Wildman–Crippen MR) is 68.8 cm³/mol. The molecule has 2 aromatic rings. The van der Waals surface area contributed by atoms with Crippen molar-refractivity contribution in [1.29, 1.82) is 5.26 Å². The van der Waals surface area contributed by atoms with Crippen molar-refractivity contribution >= 4 is 24.0 Å². The average Bonchev–Trinajstić information content (AvgIpc) is 2.30. The van der Waals surface area contributed by atoms with Crippen LogP contribution in [0.5, 0.6) is 0 Å². The van der Waals surface area contributed by atoms with Crippen molar-refractivity contribution in [3.63, 3.8) is 0 Å². The first kappa shape index (κ1) is 11.8. The van der Waals surface area contributed by atoms with E-state index in [4.69, 9.17) is 5.26 Å². The number of thiol groups is 1. The topological polar surface area (TPSA) is 44.7 Å². The van der Waals surface area contributed by atoms with E-state index in [1.807, 2.05) is 24.3 Å². The van der Waals surface area contributed by atoms with E-state index in [-0.39, 0.29) is 11.0 Å². The van der Waals surface area contributed by atoms with Crippen LogP contribution in [0.3, 0.4) is 0 Å². The van der Waals surface area contributed by atoms with Gasteiger partial charge in [-0.3, -0.25) is 4.79 Å². The molecule has 0 atom stereocenters. The van der Waals surface area contributed by atoms with Crippen LogP contribution in [0.15, 0.2) is 39.6 Å². The summed E-state index contributed by atoms with van der Waals surface area (Å²) >= 11 is 5.66. The highest BCUT2D eigenvalue weighted by Gasteiger charge is 2.20. The van der Waals surface area contributed by atoms with Crippen molar-refractivity contribution in [2.75, 3.05) is 0 Å². The van der Waals surface area contributed by atoms with E-state index in [0.29, 0.717) is 14.8 Å². The smallest absolute Gasteiger partial charge is 0.281 e. The van der Waals surface area contributed by atoms with Crippen molar-refractivity contribution < 1.29 is 4.57 Å². The maximum Gasteiger partial charge on any atom is 0.283 e. The molecule has 0 N–H and O–H groups in total. The second-order valence-electron chi connectivity index (χ2n) is 3.41. The number of hydrogen-bond acceptors (Lipinski definition) is 4. The van der Waals surface area contributed by atoms with Gasteiger partial charge in [0.2, 0.25) is 0 Å². The van der Waals surface area contributed by atoms with Gasteiger partial charge in [0.1, 0.15) is 15.8 Å². The fourth-order valence-corrected chi connectivity index (χ4v) is 2.98. The van der Waals surface area contributed by atoms with Gasteiger partial charge >= 0.3 is 0 Å². The lowest BCUT2D eigenvalue weighted by Crippen LogP contribution is -2.36. The Morgan fingerprint density at radius 3 is 2.59 bits per heavy atom. The van der Waals surface area contributed by atoms with Gasteiger partial charge in [0, 0.05) is 17.0 Å². The highest BCUT2D eigenvalue weighted by atomic mass is 32.2. The largest absolute Gasteiger partial charge is 0.283 e. The van der Waals surface area contributed by atoms with Gasteiger partial charge in [0.15, 0.2) is 12.4 Å². The summed E-state index contributed by atoms with van der Waals surface area (Å²) < 4.78 is 2.30. The van der Waals surface area contributed by atoms with E-state index < -0.39 is 0 Å². The summed E-state index contributed by atoms with van der Waals surface area (Å²) in [5, 5.41) is 8.98. The molecule has 0 aliphatic carbocycles. The lowest BCUT2D eigenvalue weighted by Gasteiger charge is -2.00. The zero-order valence-electron chi connectivity index (χ0n) is 9.04. The zero-order valence-corrected chi connectivity index (χ0v) is 10.8. The Morgan fingerprint density at radius 1 is 1.35 bits per heavy atom. The first-order chi connectivity index (χ1) is 8.15. The first-order valence-electron chi connectivity index (χ1n) is 4.88. The SMILES string of the molecule is Cc1sc(S)c(-[n+]2ccccc2)c(=O)c1C#N. The number of aromatic nitrogens is 1. The van der Waals surface area contributed by atoms with Crippen molar-refractivity contribution in [3.8, 4) is 11.8 Å². The summed E-state index contributed by atoms with van der Waals surface area (Å²) in [4.78, 5) is 12.9. The molecule has 17 heavy (non-hydrogen) atoms. The minimum absolute atomic E-state index is 0.194. The summed E-state index contributed by atoms with van der Waals surface area (Å²) in [6, 6.07) is 7.46. The number of rotatable bonds is 1. The number of pyridine rings is 1. The molecule has 2 rings (SSSR count). The van der Waals surface area contributed by atoms with Crippen molar-refractivity contribution in [3.05, 3.63) is 51.3 Å². The molecule has 5 heteroatoms. The molecule has 0 saturated heterocycles. The van der Waals surface area contributed by atoms with Crippen LogP contribution in [-0.2, 0) is 0 Å². The van der Waals surface area contributed by atoms with E-state index in [0.717, 1.165) is 0 Å². The molecule has 0 spiro atoms. The Kier molecular flexibility index (Phi) is 3.27. The van der Waals surface area contributed by atoms with Crippen LogP contribution in [0.4, 0.5) is 0 Å². The summed E-state index contributed by atoms with van der Waals surface area (Å²) in [5.41, 5.74) is 0.352. The Morgan fingerprint density at radius 2 is 2.00 bits per heavy atom. The van der Waals surface area contributed by atoms with Gasteiger partial charge in [-0.15, -0.1) is 24.0 Å². The third-order valence-electron chi connectivity index (χ3n) is 2.33. The molecular formula is C12H9N2OS2+. The molecule has 0 radical (unpaired) electrons. The highest BCUT2D eigenvalue weighted by Crippen LogP contribution is 2.21. The highest BCUT2D eigenvalue weighted by molar-refractivity contribution is 7.83. The van der Waals surface area contributed by atoms with Gasteiger partial charge in [0.05, 0.1) is 0 Å². The average molecular weight is 261 g/mol. The van der Waals surface area contributed by atoms with Crippen LogP contribution >= 0.6 is 24.0 Å². The van der Waals surface area contributed by atoms with Crippen LogP contribution in [0.2, 0.25) is 0 Å². The zero-order chi connectivity index (χ0) is 12.4. The Balaban J connectivity index is 2.81. The summed E-state index contributed by atoms with van der Waals surface area (Å²) in [6.45, 7) is 1.75. The Bertz CT molecular complexity index is 657. The minimum atomic E-state index is -0.273. The van der Waals surface area contributed by atoms with Crippen LogP contribution in [0.25, 0.3) is 5.69 Å². The van der Waals surface area contributed by atoms with Gasteiger partial charge in [-0.2, -0.15) is 9.83 Å². The van der Waals surface area contributed by atoms with Crippen molar-refractivity contribution in [2.45, 2.75) is 11.1 Å². The van der Waals surface area contributed by atoms with Gasteiger partial charge in [-0.1, -0.05) is 6.07 Å². The van der Waals surface area contributed by atoms with Gasteiger partial charge in [0.25, 0.3) is 11.1 Å². The van der Waals surface area contributed by atoms with Crippen LogP contribution in [-0.4, -0.2) is 0 Å². The summed E-state index contributed by atoms with van der Waals surface area (Å²) in [6.07, 6.45) is 3.53. The van der Waals surface area contributed by atoms with Crippen LogP contribution < -0.4 is 10.00 Å². The Hall–Kier alpha value is -1.64. The second kappa shape index (κ2) is 4.70. The lowest BCUT2D eigenvalue weighted by molar-refractivity contribution is -0.598. The molecule has 0 aliphatic rings. The molecule has 84 valence electrons. The molecule has 0 fully saturated rings. The quantitative estimate of drug-likeness (QED) is 0.629. The third kappa shape index (κ3) is 2.09. The van der Waals surface area contributed by atoms with Crippen LogP contribution in [0.1, 0.15) is 10.4 Å². The normalized spacial score (nSPS) is 9.94. The molecule has 0 amide bonds. The maximum atomic E-state index is 12.2. The third-order valence-corrected chi connectivity index (χ3v) is 3.71. The molecule has 2 heterocycles. The number of aryl methyl sites for hydroxylation is 1. The van der Waals surface area contributed by atoms with Crippen LogP contribution in [0, 0.1) is 18.3 Å². The lowest BCUT2D eigenvalue weighted by atomic mass is 10.2. The second-order valence-corrected chi connectivity index (χ2v) is 5.39. The maximum absolute atomic E-state index is 12.2. The monoisotopic (exact) mass is 261 g/mol. The number of nitrogens with zero attached hydrogens (tertiary/aromatic N) is 2. The first-order valence-corrected chi connectivity index (χ1v) is 6.15. The summed E-state index contributed by atoms with van der Waals surface area (Å²) in [7, 11) is 0. The van der Waals surface area contributed by atoms with Gasteiger partial charge < -0.3 is 0 Å². The fourth-order valence-electron chi connectivity index (χ4n) is 1.52. The van der Waals surface area contributed by atoms with Gasteiger partial charge in [-0.25, -0.2) is 0 Å². The fraction of sp³-hybridized carbons (Fsp3) is 0.0833. The van der Waals surface area contributed by atoms with E-state index >= 15 is 0 Å². The molecule has 0 unspecified atom stereocenters. The molecule has 2 aromatic heterocycles. The van der Waals surface area contributed by atoms with E-state index in [1.54, 1.807) is 23.9 Å². The van der Waals surface area contributed by atoms with E-state index in [9.17, 15) is 4.79 Å². The number of hydrogen-bond donors (Lipinski definition) is 1. The van der Waals surface area contributed by atoms with E-state index in [2.05, 4.69) is 12.6 Å². The standard InChI is InChI=1S/C12H8N2OS2/c1-8-9(7-13)11(15)10(12(16)17-8)14-5-3-2-4-6-14/h2-6H,1H3/p+1. The molecule has 0 bridgehead atoms. The summed E-state index contributed by atoms with van der Waals surface area (Å²) in [5.74, 6) is 0. The molecular weight excluding hydrogens is 252 g/mol. The predicted octanol–water partition coefficient (Wildman–Crippen LogP) is 1.85. The number of nitriles is 1. The Labute approximate surface area is 108 Å². The van der Waals surface area contributed by atoms with Crippen molar-refractivity contribution in [2.24, 2.45) is 0 Å². The molecule has 0 saturated carbocycles. The van der Waals surface area contributed by atoms with Crippen molar-refractivity contribution in [1.82, 2.24) is 0 Å². The molecule has 3 nitrogen and oxygen atoms in total.